The predicted octanol–water partition coefficient (Wildman–Crippen LogP) is 8.73. The number of esters is 2. The molecule has 2 N–H and O–H groups in total. The van der Waals surface area contributed by atoms with Crippen molar-refractivity contribution in [1.29, 1.82) is 0 Å². The number of rotatable bonds is 22. The van der Waals surface area contributed by atoms with E-state index in [1.165, 1.54) is 77.0 Å². The monoisotopic (exact) mass is 568 g/mol. The molecule has 40 heavy (non-hydrogen) atoms. The number of hydrogen-bond donors (Lipinski definition) is 2. The lowest BCUT2D eigenvalue weighted by atomic mass is 9.88. The molecule has 0 aromatic heterocycles. The second kappa shape index (κ2) is 23.4. The predicted molar refractivity (Wildman–Crippen MR) is 163 cm³/mol. The number of aliphatic hydroxyl groups excluding tert-OH is 2. The summed E-state index contributed by atoms with van der Waals surface area (Å²) in [5.74, 6) is -0.599. The van der Waals surface area contributed by atoms with Crippen LogP contribution in [0.2, 0.25) is 0 Å². The normalized spacial score (nSPS) is 22.8. The molecule has 6 nitrogen and oxygen atoms in total. The van der Waals surface area contributed by atoms with Crippen molar-refractivity contribution in [3.8, 4) is 0 Å². The van der Waals surface area contributed by atoms with Gasteiger partial charge in [-0.15, -0.1) is 0 Å². The van der Waals surface area contributed by atoms with Gasteiger partial charge >= 0.3 is 11.9 Å². The van der Waals surface area contributed by atoms with Gasteiger partial charge in [0.15, 0.2) is 0 Å². The van der Waals surface area contributed by atoms with Gasteiger partial charge in [0.05, 0.1) is 13.2 Å². The van der Waals surface area contributed by atoms with Crippen LogP contribution in [0.5, 0.6) is 0 Å². The van der Waals surface area contributed by atoms with Crippen molar-refractivity contribution in [1.82, 2.24) is 0 Å². The first-order valence-electron chi connectivity index (χ1n) is 17.1. The largest absolute Gasteiger partial charge is 0.457 e. The summed E-state index contributed by atoms with van der Waals surface area (Å²) in [7, 11) is 0. The van der Waals surface area contributed by atoms with Gasteiger partial charge in [0.1, 0.15) is 11.2 Å². The highest BCUT2D eigenvalue weighted by Crippen LogP contribution is 2.32. The number of ether oxygens (including phenoxy) is 2. The van der Waals surface area contributed by atoms with E-state index >= 15 is 0 Å². The minimum absolute atomic E-state index is 0.205. The maximum Gasteiger partial charge on any atom is 0.306 e. The SMILES string of the molecule is CCCCCCCCCCCC1(CO)CCCC(=O)OC(CO)(CCCCCCCCCCC)CCCC(=O)O1. The zero-order valence-corrected chi connectivity index (χ0v) is 26.3. The molecule has 1 fully saturated rings. The van der Waals surface area contributed by atoms with Crippen LogP contribution in [-0.4, -0.2) is 46.6 Å². The van der Waals surface area contributed by atoms with Crippen LogP contribution in [0.4, 0.5) is 0 Å². The van der Waals surface area contributed by atoms with Crippen LogP contribution < -0.4 is 0 Å². The fraction of sp³-hybridized carbons (Fsp3) is 0.941. The average molecular weight is 569 g/mol. The molecule has 2 atom stereocenters. The molecule has 0 bridgehead atoms. The fourth-order valence-corrected chi connectivity index (χ4v) is 6.05. The molecule has 0 radical (unpaired) electrons. The van der Waals surface area contributed by atoms with Gasteiger partial charge in [-0.2, -0.15) is 0 Å². The summed E-state index contributed by atoms with van der Waals surface area (Å²) < 4.78 is 11.9. The number of hydrogen-bond acceptors (Lipinski definition) is 6. The van der Waals surface area contributed by atoms with E-state index in [0.29, 0.717) is 38.5 Å². The van der Waals surface area contributed by atoms with Crippen molar-refractivity contribution in [2.45, 2.75) is 192 Å². The fourth-order valence-electron chi connectivity index (χ4n) is 6.05. The first-order valence-corrected chi connectivity index (χ1v) is 17.1. The maximum atomic E-state index is 12.8. The average Bonchev–Trinajstić information content (AvgIpc) is 2.94. The molecule has 1 aliphatic rings. The van der Waals surface area contributed by atoms with Gasteiger partial charge in [-0.1, -0.05) is 117 Å². The third-order valence-corrected chi connectivity index (χ3v) is 8.74. The topological polar surface area (TPSA) is 93.1 Å². The standard InChI is InChI=1S/C34H64O6/c1-3-5-7-9-11-13-15-17-19-25-33(29-35)27-21-23-32(38)40-34(30-36,28-22-24-31(37)39-33)26-20-18-16-14-12-10-8-6-4-2/h35-36H,3-30H2,1-2H3. The Morgan fingerprint density at radius 3 is 1.12 bits per heavy atom. The lowest BCUT2D eigenvalue weighted by Gasteiger charge is -2.35. The molecular weight excluding hydrogens is 504 g/mol. The summed E-state index contributed by atoms with van der Waals surface area (Å²) in [6.45, 7) is 4.03. The lowest BCUT2D eigenvalue weighted by molar-refractivity contribution is -0.173. The Morgan fingerprint density at radius 2 is 0.825 bits per heavy atom. The van der Waals surface area contributed by atoms with Gasteiger partial charge in [-0.05, 0) is 51.4 Å². The summed E-state index contributed by atoms with van der Waals surface area (Å²) in [5.41, 5.74) is -1.83. The molecule has 236 valence electrons. The molecule has 0 amide bonds. The summed E-state index contributed by atoms with van der Waals surface area (Å²) >= 11 is 0. The minimum Gasteiger partial charge on any atom is -0.457 e. The third-order valence-electron chi connectivity index (χ3n) is 8.74. The quantitative estimate of drug-likeness (QED) is 0.100. The van der Waals surface area contributed by atoms with Crippen molar-refractivity contribution in [2.24, 2.45) is 0 Å². The second-order valence-electron chi connectivity index (χ2n) is 12.5. The summed E-state index contributed by atoms with van der Waals surface area (Å²) in [6, 6.07) is 0. The van der Waals surface area contributed by atoms with Crippen molar-refractivity contribution in [3.63, 3.8) is 0 Å². The van der Waals surface area contributed by atoms with E-state index in [0.717, 1.165) is 38.5 Å². The van der Waals surface area contributed by atoms with Crippen LogP contribution in [0.1, 0.15) is 181 Å². The van der Waals surface area contributed by atoms with Crippen molar-refractivity contribution < 1.29 is 29.3 Å². The van der Waals surface area contributed by atoms with Crippen LogP contribution in [0, 0.1) is 0 Å². The molecule has 6 heteroatoms. The number of unbranched alkanes of at least 4 members (excludes halogenated alkanes) is 16. The molecule has 0 spiro atoms. The molecule has 0 aromatic rings. The Kier molecular flexibility index (Phi) is 21.6. The van der Waals surface area contributed by atoms with Crippen molar-refractivity contribution in [3.05, 3.63) is 0 Å². The van der Waals surface area contributed by atoms with E-state index < -0.39 is 11.2 Å². The Bertz CT molecular complexity index is 584. The highest BCUT2D eigenvalue weighted by molar-refractivity contribution is 5.71. The van der Waals surface area contributed by atoms with Gasteiger partial charge in [0.25, 0.3) is 0 Å². The van der Waals surface area contributed by atoms with E-state index in [1.807, 2.05) is 0 Å². The van der Waals surface area contributed by atoms with Crippen LogP contribution in [0.15, 0.2) is 0 Å². The zero-order chi connectivity index (χ0) is 29.4. The highest BCUT2D eigenvalue weighted by Gasteiger charge is 2.37. The molecule has 0 aliphatic carbocycles. The minimum atomic E-state index is -0.914. The molecule has 0 saturated carbocycles. The van der Waals surface area contributed by atoms with Gasteiger partial charge < -0.3 is 19.7 Å². The van der Waals surface area contributed by atoms with Crippen LogP contribution in [0.3, 0.4) is 0 Å². The Labute approximate surface area is 246 Å². The number of aliphatic hydroxyl groups is 2. The molecular formula is C34H64O6. The van der Waals surface area contributed by atoms with Crippen LogP contribution >= 0.6 is 0 Å². The first kappa shape index (κ1) is 36.9. The van der Waals surface area contributed by atoms with E-state index in [2.05, 4.69) is 13.8 Å². The third kappa shape index (κ3) is 17.0. The Balaban J connectivity index is 2.53. The van der Waals surface area contributed by atoms with Crippen LogP contribution in [-0.2, 0) is 19.1 Å². The summed E-state index contributed by atoms with van der Waals surface area (Å²) in [6.07, 6.45) is 25.2. The van der Waals surface area contributed by atoms with Crippen LogP contribution in [0.25, 0.3) is 0 Å². The molecule has 2 unspecified atom stereocenters. The van der Waals surface area contributed by atoms with Crippen molar-refractivity contribution in [2.75, 3.05) is 13.2 Å². The van der Waals surface area contributed by atoms with Gasteiger partial charge in [0, 0.05) is 12.8 Å². The number of cyclic esters (lactones) is 2. The summed E-state index contributed by atoms with van der Waals surface area (Å²) in [5, 5.41) is 20.5. The van der Waals surface area contributed by atoms with Gasteiger partial charge in [-0.25, -0.2) is 0 Å². The number of carbonyl (C=O) groups excluding carboxylic acids is 2. The van der Waals surface area contributed by atoms with Gasteiger partial charge in [-0.3, -0.25) is 9.59 Å². The zero-order valence-electron chi connectivity index (χ0n) is 26.3. The highest BCUT2D eigenvalue weighted by atomic mass is 16.6. The number of carbonyl (C=O) groups is 2. The first-order chi connectivity index (χ1) is 19.4. The van der Waals surface area contributed by atoms with Crippen molar-refractivity contribution >= 4 is 11.9 Å². The van der Waals surface area contributed by atoms with E-state index in [4.69, 9.17) is 9.47 Å². The molecule has 1 saturated heterocycles. The van der Waals surface area contributed by atoms with E-state index in [1.54, 1.807) is 0 Å². The second-order valence-corrected chi connectivity index (χ2v) is 12.5. The Hall–Kier alpha value is -1.14. The van der Waals surface area contributed by atoms with E-state index in [-0.39, 0.29) is 38.0 Å². The lowest BCUT2D eigenvalue weighted by Crippen LogP contribution is -2.42. The molecule has 1 aliphatic heterocycles. The molecule has 1 rings (SSSR count). The molecule has 1 heterocycles. The molecule has 0 aromatic carbocycles. The summed E-state index contributed by atoms with van der Waals surface area (Å²) in [4.78, 5) is 25.6. The van der Waals surface area contributed by atoms with E-state index in [9.17, 15) is 19.8 Å². The smallest absolute Gasteiger partial charge is 0.306 e. The maximum absolute atomic E-state index is 12.8. The van der Waals surface area contributed by atoms with Gasteiger partial charge in [0.2, 0.25) is 0 Å². The Morgan fingerprint density at radius 1 is 0.525 bits per heavy atom.